The van der Waals surface area contributed by atoms with E-state index in [9.17, 15) is 5.11 Å². The number of nitrogens with zero attached hydrogens (tertiary/aromatic N) is 1. The molecule has 1 aromatic heterocycles. The molecular formula is C15H14BrNO2. The summed E-state index contributed by atoms with van der Waals surface area (Å²) in [5.41, 5.74) is 4.21. The quantitative estimate of drug-likeness (QED) is 0.945. The summed E-state index contributed by atoms with van der Waals surface area (Å²) < 4.78 is 6.33. The number of hydrogen-bond donors (Lipinski definition) is 1. The number of rotatable bonds is 3. The molecule has 2 heterocycles. The van der Waals surface area contributed by atoms with E-state index in [2.05, 4.69) is 20.9 Å². The Morgan fingerprint density at radius 2 is 2.05 bits per heavy atom. The predicted molar refractivity (Wildman–Crippen MR) is 75.5 cm³/mol. The van der Waals surface area contributed by atoms with Gasteiger partial charge in [-0.1, -0.05) is 18.2 Å². The second-order valence-corrected chi connectivity index (χ2v) is 5.62. The lowest BCUT2D eigenvalue weighted by Gasteiger charge is -2.12. The summed E-state index contributed by atoms with van der Waals surface area (Å²) in [6, 6.07) is 9.90. The van der Waals surface area contributed by atoms with E-state index in [1.54, 1.807) is 6.20 Å². The zero-order valence-corrected chi connectivity index (χ0v) is 11.9. The Labute approximate surface area is 120 Å². The van der Waals surface area contributed by atoms with Gasteiger partial charge in [-0.05, 0) is 44.8 Å². The molecule has 1 aromatic carbocycles. The van der Waals surface area contributed by atoms with E-state index in [-0.39, 0.29) is 0 Å². The largest absolute Gasteiger partial charge is 0.388 e. The van der Waals surface area contributed by atoms with Crippen molar-refractivity contribution in [2.75, 3.05) is 0 Å². The molecule has 0 saturated heterocycles. The zero-order chi connectivity index (χ0) is 13.2. The van der Waals surface area contributed by atoms with Gasteiger partial charge in [-0.15, -0.1) is 0 Å². The Kier molecular flexibility index (Phi) is 3.64. The Balaban J connectivity index is 1.76. The summed E-state index contributed by atoms with van der Waals surface area (Å²) in [5.74, 6) is 0. The first-order chi connectivity index (χ1) is 9.22. The highest BCUT2D eigenvalue weighted by Gasteiger charge is 2.15. The average Bonchev–Trinajstić information content (AvgIpc) is 2.88. The van der Waals surface area contributed by atoms with Gasteiger partial charge in [-0.3, -0.25) is 4.98 Å². The van der Waals surface area contributed by atoms with Crippen LogP contribution in [0.2, 0.25) is 0 Å². The van der Waals surface area contributed by atoms with Crippen LogP contribution in [0, 0.1) is 0 Å². The third-order valence-electron chi connectivity index (χ3n) is 3.32. The molecule has 0 fully saturated rings. The zero-order valence-electron chi connectivity index (χ0n) is 10.3. The number of benzene rings is 1. The van der Waals surface area contributed by atoms with E-state index >= 15 is 0 Å². The number of pyridine rings is 1. The third kappa shape index (κ3) is 2.86. The van der Waals surface area contributed by atoms with Crippen molar-refractivity contribution in [3.8, 4) is 0 Å². The smallest absolute Gasteiger partial charge is 0.0845 e. The summed E-state index contributed by atoms with van der Waals surface area (Å²) in [5, 5.41) is 10.3. The molecule has 1 N–H and O–H groups in total. The van der Waals surface area contributed by atoms with Gasteiger partial charge >= 0.3 is 0 Å². The lowest BCUT2D eigenvalue weighted by atomic mass is 10.00. The molecule has 0 spiro atoms. The van der Waals surface area contributed by atoms with Crippen LogP contribution in [0.15, 0.2) is 41.0 Å². The fourth-order valence-electron chi connectivity index (χ4n) is 2.24. The van der Waals surface area contributed by atoms with Crippen molar-refractivity contribution in [1.29, 1.82) is 0 Å². The standard InChI is InChI=1S/C15H14BrNO2/c16-13-3-4-14(17-7-13)6-15(18)10-1-2-11-8-19-9-12(11)5-10/h1-5,7,15,18H,6,8-9H2. The van der Waals surface area contributed by atoms with Crippen molar-refractivity contribution in [2.24, 2.45) is 0 Å². The molecule has 0 saturated carbocycles. The van der Waals surface area contributed by atoms with Crippen LogP contribution in [-0.2, 0) is 24.4 Å². The molecule has 0 radical (unpaired) electrons. The summed E-state index contributed by atoms with van der Waals surface area (Å²) in [6.07, 6.45) is 1.74. The molecule has 1 unspecified atom stereocenters. The van der Waals surface area contributed by atoms with Gasteiger partial charge in [0.2, 0.25) is 0 Å². The van der Waals surface area contributed by atoms with Gasteiger partial charge in [0.1, 0.15) is 0 Å². The van der Waals surface area contributed by atoms with Crippen molar-refractivity contribution >= 4 is 15.9 Å². The first-order valence-electron chi connectivity index (χ1n) is 6.20. The van der Waals surface area contributed by atoms with Gasteiger partial charge < -0.3 is 9.84 Å². The minimum Gasteiger partial charge on any atom is -0.388 e. The summed E-state index contributed by atoms with van der Waals surface area (Å²) in [4.78, 5) is 4.28. The van der Waals surface area contributed by atoms with Gasteiger partial charge in [0.05, 0.1) is 19.3 Å². The van der Waals surface area contributed by atoms with Crippen molar-refractivity contribution in [3.63, 3.8) is 0 Å². The number of fused-ring (bicyclic) bond motifs is 1. The number of aromatic nitrogens is 1. The molecule has 1 atom stereocenters. The van der Waals surface area contributed by atoms with E-state index < -0.39 is 6.10 Å². The number of ether oxygens (including phenoxy) is 1. The van der Waals surface area contributed by atoms with Crippen molar-refractivity contribution in [2.45, 2.75) is 25.7 Å². The molecule has 4 heteroatoms. The van der Waals surface area contributed by atoms with Crippen LogP contribution >= 0.6 is 15.9 Å². The van der Waals surface area contributed by atoms with Crippen LogP contribution in [0.25, 0.3) is 0 Å². The van der Waals surface area contributed by atoms with E-state index in [4.69, 9.17) is 4.74 Å². The van der Waals surface area contributed by atoms with Gasteiger partial charge in [-0.25, -0.2) is 0 Å². The molecule has 0 amide bonds. The maximum atomic E-state index is 10.3. The summed E-state index contributed by atoms with van der Waals surface area (Å²) >= 11 is 3.35. The second-order valence-electron chi connectivity index (χ2n) is 4.71. The van der Waals surface area contributed by atoms with Crippen LogP contribution in [-0.4, -0.2) is 10.1 Å². The normalized spacial score (nSPS) is 15.3. The SMILES string of the molecule is OC(Cc1ccc(Br)cn1)c1ccc2c(c1)COC2. The molecule has 0 bridgehead atoms. The van der Waals surface area contributed by atoms with Crippen molar-refractivity contribution in [1.82, 2.24) is 4.98 Å². The van der Waals surface area contributed by atoms with E-state index in [0.29, 0.717) is 19.6 Å². The van der Waals surface area contributed by atoms with Gasteiger partial charge in [0.15, 0.2) is 0 Å². The monoisotopic (exact) mass is 319 g/mol. The maximum absolute atomic E-state index is 10.3. The van der Waals surface area contributed by atoms with E-state index in [0.717, 1.165) is 15.7 Å². The van der Waals surface area contributed by atoms with Gasteiger partial charge in [0, 0.05) is 22.8 Å². The summed E-state index contributed by atoms with van der Waals surface area (Å²) in [7, 11) is 0. The fourth-order valence-corrected chi connectivity index (χ4v) is 2.48. The molecule has 1 aliphatic rings. The Hall–Kier alpha value is -1.23. The highest BCUT2D eigenvalue weighted by atomic mass is 79.9. The van der Waals surface area contributed by atoms with Crippen LogP contribution in [0.5, 0.6) is 0 Å². The molecule has 19 heavy (non-hydrogen) atoms. The Morgan fingerprint density at radius 1 is 1.21 bits per heavy atom. The van der Waals surface area contributed by atoms with Crippen LogP contribution in [0.4, 0.5) is 0 Å². The van der Waals surface area contributed by atoms with Gasteiger partial charge in [-0.2, -0.15) is 0 Å². The lowest BCUT2D eigenvalue weighted by Crippen LogP contribution is -2.04. The van der Waals surface area contributed by atoms with Crippen molar-refractivity contribution in [3.05, 3.63) is 63.4 Å². The molecule has 1 aliphatic heterocycles. The Bertz CT molecular complexity index is 583. The highest BCUT2D eigenvalue weighted by Crippen LogP contribution is 2.25. The average molecular weight is 320 g/mol. The molecule has 98 valence electrons. The van der Waals surface area contributed by atoms with Crippen LogP contribution in [0.3, 0.4) is 0 Å². The first kappa shape index (κ1) is 12.8. The molecule has 0 aliphatic carbocycles. The second kappa shape index (κ2) is 5.41. The molecule has 3 rings (SSSR count). The van der Waals surface area contributed by atoms with E-state index in [1.165, 1.54) is 11.1 Å². The molecule has 3 nitrogen and oxygen atoms in total. The minimum absolute atomic E-state index is 0.521. The number of halogens is 1. The van der Waals surface area contributed by atoms with E-state index in [1.807, 2.05) is 30.3 Å². The van der Waals surface area contributed by atoms with Crippen LogP contribution < -0.4 is 0 Å². The maximum Gasteiger partial charge on any atom is 0.0845 e. The third-order valence-corrected chi connectivity index (χ3v) is 3.79. The van der Waals surface area contributed by atoms with Gasteiger partial charge in [0.25, 0.3) is 0 Å². The highest BCUT2D eigenvalue weighted by molar-refractivity contribution is 9.10. The van der Waals surface area contributed by atoms with Crippen LogP contribution in [0.1, 0.15) is 28.5 Å². The van der Waals surface area contributed by atoms with Crippen molar-refractivity contribution < 1.29 is 9.84 Å². The fraction of sp³-hybridized carbons (Fsp3) is 0.267. The molecular weight excluding hydrogens is 306 g/mol. The topological polar surface area (TPSA) is 42.4 Å². The number of aliphatic hydroxyl groups excluding tert-OH is 1. The minimum atomic E-state index is -0.528. The lowest BCUT2D eigenvalue weighted by molar-refractivity contribution is 0.134. The predicted octanol–water partition coefficient (Wildman–Crippen LogP) is 3.15. The summed E-state index contributed by atoms with van der Waals surface area (Å²) in [6.45, 7) is 1.33. The first-order valence-corrected chi connectivity index (χ1v) is 6.99. The number of hydrogen-bond acceptors (Lipinski definition) is 3. The molecule has 2 aromatic rings. The number of aliphatic hydroxyl groups is 1. The Morgan fingerprint density at radius 3 is 2.84 bits per heavy atom.